The summed E-state index contributed by atoms with van der Waals surface area (Å²) in [6, 6.07) is 5.09. The normalized spacial score (nSPS) is 13.3. The highest BCUT2D eigenvalue weighted by molar-refractivity contribution is 7.71. The Bertz CT molecular complexity index is 869. The van der Waals surface area contributed by atoms with E-state index in [2.05, 4.69) is 10.4 Å². The zero-order chi connectivity index (χ0) is 15.1. The Morgan fingerprint density at radius 1 is 1.33 bits per heavy atom. The molecule has 0 radical (unpaired) electrons. The van der Waals surface area contributed by atoms with E-state index in [9.17, 15) is 9.59 Å². The van der Waals surface area contributed by atoms with Gasteiger partial charge >= 0.3 is 0 Å². The number of anilines is 1. The molecule has 3 rings (SSSR count). The van der Waals surface area contributed by atoms with Crippen LogP contribution in [0.5, 0.6) is 5.75 Å². The van der Waals surface area contributed by atoms with Crippen molar-refractivity contribution in [2.24, 2.45) is 14.1 Å². The fourth-order valence-corrected chi connectivity index (χ4v) is 2.23. The fraction of sp³-hybridized carbons (Fsp3) is 0.231. The molecule has 1 aromatic carbocycles. The van der Waals surface area contributed by atoms with Gasteiger partial charge in [-0.3, -0.25) is 14.2 Å². The molecule has 0 spiro atoms. The lowest BCUT2D eigenvalue weighted by Gasteiger charge is -2.18. The van der Waals surface area contributed by atoms with E-state index in [0.29, 0.717) is 21.8 Å². The third kappa shape index (κ3) is 2.23. The standard InChI is InChI=1S/C13H12N4O3S/c1-16-12(19)11(15-17(2)13(16)21)7-3-4-9-8(5-7)14-10(18)6-20-9/h3-5H,6H2,1-2H3,(H,14,18). The second kappa shape index (κ2) is 4.81. The number of aryl methyl sites for hydroxylation is 1. The Morgan fingerprint density at radius 3 is 2.86 bits per heavy atom. The maximum absolute atomic E-state index is 12.3. The SMILES string of the molecule is Cn1nc(-c2ccc3c(c2)NC(=O)CO3)c(=O)n(C)c1=S. The summed E-state index contributed by atoms with van der Waals surface area (Å²) in [6.45, 7) is -0.00797. The van der Waals surface area contributed by atoms with Crippen LogP contribution in [0.2, 0.25) is 0 Å². The molecule has 1 aliphatic heterocycles. The first-order valence-electron chi connectivity index (χ1n) is 6.19. The molecule has 1 amide bonds. The summed E-state index contributed by atoms with van der Waals surface area (Å²) >= 11 is 5.09. The lowest BCUT2D eigenvalue weighted by Crippen LogP contribution is -2.27. The van der Waals surface area contributed by atoms with Crippen LogP contribution in [0.25, 0.3) is 11.3 Å². The summed E-state index contributed by atoms with van der Waals surface area (Å²) in [6.07, 6.45) is 0. The first-order chi connectivity index (χ1) is 9.97. The summed E-state index contributed by atoms with van der Waals surface area (Å²) in [7, 11) is 3.27. The van der Waals surface area contributed by atoms with Crippen LogP contribution in [0.3, 0.4) is 0 Å². The number of hydrogen-bond donors (Lipinski definition) is 1. The number of nitrogens with zero attached hydrogens (tertiary/aromatic N) is 3. The number of aromatic nitrogens is 3. The van der Waals surface area contributed by atoms with E-state index in [-0.39, 0.29) is 23.8 Å². The Kier molecular flexibility index (Phi) is 3.09. The molecular weight excluding hydrogens is 292 g/mol. The molecule has 1 aliphatic rings. The van der Waals surface area contributed by atoms with Crippen molar-refractivity contribution in [2.75, 3.05) is 11.9 Å². The molecule has 2 heterocycles. The van der Waals surface area contributed by atoms with E-state index in [1.165, 1.54) is 9.25 Å². The molecule has 1 N–H and O–H groups in total. The van der Waals surface area contributed by atoms with Crippen molar-refractivity contribution in [2.45, 2.75) is 0 Å². The number of nitrogens with one attached hydrogen (secondary N) is 1. The summed E-state index contributed by atoms with van der Waals surface area (Å²) in [5, 5.41) is 6.90. The molecule has 21 heavy (non-hydrogen) atoms. The van der Waals surface area contributed by atoms with Gasteiger partial charge in [0.05, 0.1) is 5.69 Å². The summed E-state index contributed by atoms with van der Waals surface area (Å²) in [5.74, 6) is 0.339. The maximum atomic E-state index is 12.3. The summed E-state index contributed by atoms with van der Waals surface area (Å²) in [4.78, 5) is 23.6. The molecule has 2 aromatic rings. The molecule has 8 heteroatoms. The third-order valence-electron chi connectivity index (χ3n) is 3.21. The molecule has 0 saturated carbocycles. The second-order valence-corrected chi connectivity index (χ2v) is 5.03. The second-order valence-electron chi connectivity index (χ2n) is 4.67. The molecule has 0 bridgehead atoms. The average molecular weight is 304 g/mol. The Labute approximate surface area is 124 Å². The number of hydrogen-bond acceptors (Lipinski definition) is 5. The van der Waals surface area contributed by atoms with E-state index in [1.807, 2.05) is 0 Å². The van der Waals surface area contributed by atoms with Gasteiger partial charge in [0.1, 0.15) is 5.75 Å². The minimum Gasteiger partial charge on any atom is -0.482 e. The largest absolute Gasteiger partial charge is 0.482 e. The first kappa shape index (κ1) is 13.5. The van der Waals surface area contributed by atoms with Gasteiger partial charge in [0.2, 0.25) is 0 Å². The van der Waals surface area contributed by atoms with E-state index in [0.717, 1.165) is 0 Å². The zero-order valence-corrected chi connectivity index (χ0v) is 12.2. The highest BCUT2D eigenvalue weighted by Crippen LogP contribution is 2.31. The van der Waals surface area contributed by atoms with Crippen molar-refractivity contribution in [3.05, 3.63) is 33.3 Å². The average Bonchev–Trinajstić information content (AvgIpc) is 2.48. The molecule has 0 fully saturated rings. The van der Waals surface area contributed by atoms with Crippen molar-refractivity contribution in [1.82, 2.24) is 14.3 Å². The predicted molar refractivity (Wildman–Crippen MR) is 78.8 cm³/mol. The fourth-order valence-electron chi connectivity index (χ4n) is 2.11. The van der Waals surface area contributed by atoms with E-state index in [1.54, 1.807) is 32.3 Å². The van der Waals surface area contributed by atoms with Crippen molar-refractivity contribution >= 4 is 23.8 Å². The van der Waals surface area contributed by atoms with Gasteiger partial charge in [0.25, 0.3) is 11.5 Å². The van der Waals surface area contributed by atoms with Crippen LogP contribution in [0.4, 0.5) is 5.69 Å². The number of amides is 1. The molecule has 0 saturated heterocycles. The molecule has 0 atom stereocenters. The minimum absolute atomic E-state index is 0.00797. The Morgan fingerprint density at radius 2 is 2.10 bits per heavy atom. The number of carbonyl (C=O) groups excluding carboxylic acids is 1. The molecule has 0 unspecified atom stereocenters. The molecule has 108 valence electrons. The predicted octanol–water partition coefficient (Wildman–Crippen LogP) is 0.846. The number of rotatable bonds is 1. The van der Waals surface area contributed by atoms with Crippen molar-refractivity contribution < 1.29 is 9.53 Å². The van der Waals surface area contributed by atoms with E-state index < -0.39 is 0 Å². The van der Waals surface area contributed by atoms with Gasteiger partial charge in [0, 0.05) is 19.7 Å². The molecule has 0 aliphatic carbocycles. The van der Waals surface area contributed by atoms with Crippen molar-refractivity contribution in [3.8, 4) is 17.0 Å². The van der Waals surface area contributed by atoms with Gasteiger partial charge in [-0.2, -0.15) is 5.10 Å². The first-order valence-corrected chi connectivity index (χ1v) is 6.59. The Hall–Kier alpha value is -2.48. The van der Waals surface area contributed by atoms with Crippen LogP contribution in [-0.2, 0) is 18.9 Å². The lowest BCUT2D eigenvalue weighted by molar-refractivity contribution is -0.118. The Balaban J connectivity index is 2.18. The molecule has 1 aromatic heterocycles. The van der Waals surface area contributed by atoms with Crippen LogP contribution >= 0.6 is 12.2 Å². The minimum atomic E-state index is -0.291. The quantitative estimate of drug-likeness (QED) is 0.790. The maximum Gasteiger partial charge on any atom is 0.280 e. The van der Waals surface area contributed by atoms with Crippen LogP contribution < -0.4 is 15.6 Å². The number of ether oxygens (including phenoxy) is 1. The van der Waals surface area contributed by atoms with Gasteiger partial charge in [-0.15, -0.1) is 0 Å². The highest BCUT2D eigenvalue weighted by Gasteiger charge is 2.18. The number of carbonyl (C=O) groups is 1. The smallest absolute Gasteiger partial charge is 0.280 e. The summed E-state index contributed by atoms with van der Waals surface area (Å²) in [5.41, 5.74) is 1.08. The topological polar surface area (TPSA) is 78.2 Å². The van der Waals surface area contributed by atoms with Crippen molar-refractivity contribution in [1.29, 1.82) is 0 Å². The van der Waals surface area contributed by atoms with E-state index >= 15 is 0 Å². The van der Waals surface area contributed by atoms with Gasteiger partial charge in [-0.1, -0.05) is 0 Å². The van der Waals surface area contributed by atoms with Gasteiger partial charge in [-0.05, 0) is 30.4 Å². The van der Waals surface area contributed by atoms with Crippen molar-refractivity contribution in [3.63, 3.8) is 0 Å². The van der Waals surface area contributed by atoms with Crippen LogP contribution in [0.1, 0.15) is 0 Å². The van der Waals surface area contributed by atoms with Gasteiger partial charge in [-0.25, -0.2) is 4.68 Å². The lowest BCUT2D eigenvalue weighted by atomic mass is 10.1. The highest BCUT2D eigenvalue weighted by atomic mass is 32.1. The van der Waals surface area contributed by atoms with E-state index in [4.69, 9.17) is 17.0 Å². The number of fused-ring (bicyclic) bond motifs is 1. The molecular formula is C13H12N4O3S. The molecule has 7 nitrogen and oxygen atoms in total. The zero-order valence-electron chi connectivity index (χ0n) is 11.4. The monoisotopic (exact) mass is 304 g/mol. The van der Waals surface area contributed by atoms with Crippen LogP contribution in [-0.4, -0.2) is 26.9 Å². The van der Waals surface area contributed by atoms with Crippen LogP contribution in [0, 0.1) is 4.77 Å². The summed E-state index contributed by atoms with van der Waals surface area (Å²) < 4.78 is 8.43. The van der Waals surface area contributed by atoms with Crippen LogP contribution in [0.15, 0.2) is 23.0 Å². The van der Waals surface area contributed by atoms with Gasteiger partial charge in [0.15, 0.2) is 17.1 Å². The third-order valence-corrected chi connectivity index (χ3v) is 3.74. The number of benzene rings is 1. The van der Waals surface area contributed by atoms with Gasteiger partial charge < -0.3 is 10.1 Å².